The van der Waals surface area contributed by atoms with Crippen molar-refractivity contribution in [3.05, 3.63) is 24.3 Å². The van der Waals surface area contributed by atoms with Gasteiger partial charge >= 0.3 is 6.36 Å². The lowest BCUT2D eigenvalue weighted by Crippen LogP contribution is -2.16. The van der Waals surface area contributed by atoms with E-state index in [1.165, 1.54) is 12.1 Å². The van der Waals surface area contributed by atoms with E-state index >= 15 is 0 Å². The molecule has 0 atom stereocenters. The first kappa shape index (κ1) is 9.91. The van der Waals surface area contributed by atoms with E-state index < -0.39 is 6.36 Å². The van der Waals surface area contributed by atoms with Gasteiger partial charge in [0, 0.05) is 12.4 Å². The first-order chi connectivity index (χ1) is 6.01. The fourth-order valence-electron chi connectivity index (χ4n) is 0.709. The summed E-state index contributed by atoms with van der Waals surface area (Å²) < 4.78 is 42.0. The molecule has 6 heteroatoms. The molecule has 1 aromatic carbocycles. The highest BCUT2D eigenvalue weighted by atomic mass is 32.1. The fraction of sp³-hybridized carbons (Fsp3) is 0.143. The predicted molar refractivity (Wildman–Crippen MR) is 42.6 cm³/mol. The van der Waals surface area contributed by atoms with Crippen LogP contribution >= 0.6 is 0 Å². The molecule has 1 aromatic rings. The number of benzene rings is 1. The van der Waals surface area contributed by atoms with Crippen molar-refractivity contribution in [3.63, 3.8) is 0 Å². The van der Waals surface area contributed by atoms with Crippen molar-refractivity contribution in [2.75, 3.05) is 0 Å². The maximum absolute atomic E-state index is 11.7. The van der Waals surface area contributed by atoms with Crippen LogP contribution in [0.4, 0.5) is 18.9 Å². The van der Waals surface area contributed by atoms with Crippen LogP contribution in [0.25, 0.3) is 0 Å². The Bertz CT molecular complexity index is 296. The van der Waals surface area contributed by atoms with Crippen molar-refractivity contribution in [2.45, 2.75) is 6.36 Å². The van der Waals surface area contributed by atoms with Gasteiger partial charge in [0.25, 0.3) is 0 Å². The molecule has 0 saturated carbocycles. The van der Waals surface area contributed by atoms with Gasteiger partial charge in [-0.1, -0.05) is 0 Å². The number of nitrogens with zero attached hydrogens (tertiary/aromatic N) is 1. The molecule has 2 nitrogen and oxygen atoms in total. The smallest absolute Gasteiger partial charge is 0.406 e. The Morgan fingerprint density at radius 3 is 2.08 bits per heavy atom. The highest BCUT2D eigenvalue weighted by molar-refractivity contribution is 7.47. The van der Waals surface area contributed by atoms with E-state index in [4.69, 9.17) is 0 Å². The van der Waals surface area contributed by atoms with Gasteiger partial charge in [0.1, 0.15) is 5.75 Å². The Hall–Kier alpha value is -1.17. The van der Waals surface area contributed by atoms with Crippen LogP contribution in [-0.2, 0) is 12.4 Å². The number of alkyl halides is 3. The Morgan fingerprint density at radius 1 is 1.15 bits per heavy atom. The Kier molecular flexibility index (Phi) is 2.82. The van der Waals surface area contributed by atoms with E-state index in [0.717, 1.165) is 12.1 Å². The maximum Gasteiger partial charge on any atom is 0.573 e. The summed E-state index contributed by atoms with van der Waals surface area (Å²) in [5, 5.41) is 0. The van der Waals surface area contributed by atoms with Crippen LogP contribution < -0.4 is 4.74 Å². The molecule has 0 heterocycles. The first-order valence-corrected chi connectivity index (χ1v) is 3.57. The van der Waals surface area contributed by atoms with Gasteiger partial charge in [0.2, 0.25) is 0 Å². The van der Waals surface area contributed by atoms with E-state index in [9.17, 15) is 13.2 Å². The van der Waals surface area contributed by atoms with Crippen molar-refractivity contribution in [3.8, 4) is 5.75 Å². The van der Waals surface area contributed by atoms with Crippen LogP contribution in [0.2, 0.25) is 0 Å². The zero-order valence-electron chi connectivity index (χ0n) is 6.21. The lowest BCUT2D eigenvalue weighted by Gasteiger charge is -2.07. The molecular weight excluding hydrogens is 203 g/mol. The average molecular weight is 207 g/mol. The number of hydrogen-bond acceptors (Lipinski definition) is 3. The number of hydrogen-bond donors (Lipinski definition) is 0. The third kappa shape index (κ3) is 3.37. The second kappa shape index (κ2) is 3.69. The summed E-state index contributed by atoms with van der Waals surface area (Å²) in [6, 6.07) is 4.99. The van der Waals surface area contributed by atoms with E-state index in [1.807, 2.05) is 0 Å². The van der Waals surface area contributed by atoms with Crippen molar-refractivity contribution in [2.24, 2.45) is 4.36 Å². The lowest BCUT2D eigenvalue weighted by atomic mass is 10.3. The molecule has 0 bridgehead atoms. The topological polar surface area (TPSA) is 21.6 Å². The van der Waals surface area contributed by atoms with Crippen molar-refractivity contribution in [1.29, 1.82) is 0 Å². The van der Waals surface area contributed by atoms with Gasteiger partial charge in [0.15, 0.2) is 0 Å². The molecule has 13 heavy (non-hydrogen) atoms. The van der Waals surface area contributed by atoms with Crippen LogP contribution in [0.5, 0.6) is 5.75 Å². The van der Waals surface area contributed by atoms with Crippen molar-refractivity contribution in [1.82, 2.24) is 0 Å². The molecule has 0 aliphatic rings. The molecule has 70 valence electrons. The monoisotopic (exact) mass is 207 g/mol. The Balaban J connectivity index is 2.75. The molecule has 0 N–H and O–H groups in total. The van der Waals surface area contributed by atoms with Gasteiger partial charge in [-0.2, -0.15) is 4.36 Å². The van der Waals surface area contributed by atoms with E-state index in [0.29, 0.717) is 5.69 Å². The summed E-state index contributed by atoms with van der Waals surface area (Å²) >= 11 is 4.33. The molecule has 0 aliphatic heterocycles. The fourth-order valence-corrected chi connectivity index (χ4v) is 0.830. The zero-order chi connectivity index (χ0) is 9.90. The second-order valence-corrected chi connectivity index (χ2v) is 2.32. The molecule has 1 rings (SSSR count). The molecule has 0 radical (unpaired) electrons. The van der Waals surface area contributed by atoms with Gasteiger partial charge in [0.05, 0.1) is 5.69 Å². The summed E-state index contributed by atoms with van der Waals surface area (Å²) in [7, 11) is 0. The van der Waals surface area contributed by atoms with Gasteiger partial charge < -0.3 is 4.74 Å². The third-order valence-electron chi connectivity index (χ3n) is 1.18. The molecule has 0 amide bonds. The third-order valence-corrected chi connectivity index (χ3v) is 1.39. The van der Waals surface area contributed by atoms with Crippen LogP contribution in [0, 0.1) is 0 Å². The summed E-state index contributed by atoms with van der Waals surface area (Å²) in [6.07, 6.45) is -4.66. The van der Waals surface area contributed by atoms with Crippen LogP contribution in [-0.4, -0.2) is 6.36 Å². The molecular formula is C7H4F3NOS. The minimum absolute atomic E-state index is 0.282. The number of rotatable bonds is 2. The first-order valence-electron chi connectivity index (χ1n) is 3.20. The highest BCUT2D eigenvalue weighted by Gasteiger charge is 2.30. The average Bonchev–Trinajstić information content (AvgIpc) is 2.03. The van der Waals surface area contributed by atoms with Crippen LogP contribution in [0.15, 0.2) is 28.6 Å². The van der Waals surface area contributed by atoms with E-state index in [-0.39, 0.29) is 5.75 Å². The SMILES string of the molecule is FC(F)(F)Oc1ccc(N=S)cc1. The predicted octanol–water partition coefficient (Wildman–Crippen LogP) is 2.95. The maximum atomic E-state index is 11.7. The summed E-state index contributed by atoms with van der Waals surface area (Å²) in [4.78, 5) is 0. The highest BCUT2D eigenvalue weighted by Crippen LogP contribution is 2.24. The largest absolute Gasteiger partial charge is 0.573 e. The lowest BCUT2D eigenvalue weighted by molar-refractivity contribution is -0.274. The van der Waals surface area contributed by atoms with E-state index in [1.54, 1.807) is 0 Å². The second-order valence-electron chi connectivity index (χ2n) is 2.13. The van der Waals surface area contributed by atoms with Gasteiger partial charge in [-0.05, 0) is 24.3 Å². The summed E-state index contributed by atoms with van der Waals surface area (Å²) in [5.41, 5.74) is 0.421. The van der Waals surface area contributed by atoms with Crippen LogP contribution in [0.3, 0.4) is 0 Å². The quantitative estimate of drug-likeness (QED) is 0.743. The number of halogens is 3. The zero-order valence-corrected chi connectivity index (χ0v) is 7.02. The molecule has 0 aliphatic carbocycles. The standard InChI is InChI=1S/C7H4F3NOS/c8-7(9,10)12-6-3-1-5(11-13)2-4-6/h1-4H. The Labute approximate surface area is 77.5 Å². The van der Waals surface area contributed by atoms with Crippen molar-refractivity contribution >= 4 is 18.1 Å². The molecule has 0 fully saturated rings. The van der Waals surface area contributed by atoms with E-state index in [2.05, 4.69) is 21.5 Å². The van der Waals surface area contributed by atoms with Gasteiger partial charge in [-0.3, -0.25) is 0 Å². The molecule has 0 saturated heterocycles. The van der Waals surface area contributed by atoms with Gasteiger partial charge in [-0.25, -0.2) is 0 Å². The Morgan fingerprint density at radius 2 is 1.69 bits per heavy atom. The molecule has 0 spiro atoms. The minimum atomic E-state index is -4.66. The summed E-state index contributed by atoms with van der Waals surface area (Å²) in [5.74, 6) is -0.282. The van der Waals surface area contributed by atoms with Gasteiger partial charge in [-0.15, -0.1) is 13.2 Å². The van der Waals surface area contributed by atoms with Crippen LogP contribution in [0.1, 0.15) is 0 Å². The molecule has 0 unspecified atom stereocenters. The van der Waals surface area contributed by atoms with Crippen molar-refractivity contribution < 1.29 is 17.9 Å². The summed E-state index contributed by atoms with van der Waals surface area (Å²) in [6.45, 7) is 0. The number of ether oxygens (including phenoxy) is 1. The molecule has 0 aromatic heterocycles. The normalized spacial score (nSPS) is 11.0. The minimum Gasteiger partial charge on any atom is -0.406 e.